The molecule has 0 spiro atoms. The summed E-state index contributed by atoms with van der Waals surface area (Å²) < 4.78 is 27.4. The molecular formula is C29H37NO8. The van der Waals surface area contributed by atoms with Crippen molar-refractivity contribution in [3.05, 3.63) is 52.6 Å². The van der Waals surface area contributed by atoms with E-state index in [1.54, 1.807) is 37.4 Å². The van der Waals surface area contributed by atoms with Gasteiger partial charge < -0.3 is 33.7 Å². The molecule has 0 bridgehead atoms. The Morgan fingerprint density at radius 2 is 1.66 bits per heavy atom. The number of amides is 1. The first-order chi connectivity index (χ1) is 18.2. The van der Waals surface area contributed by atoms with Crippen LogP contribution >= 0.6 is 0 Å². The van der Waals surface area contributed by atoms with Crippen molar-refractivity contribution in [2.24, 2.45) is 5.92 Å². The van der Waals surface area contributed by atoms with Crippen LogP contribution in [0.15, 0.2) is 35.9 Å². The van der Waals surface area contributed by atoms with E-state index < -0.39 is 17.7 Å². The van der Waals surface area contributed by atoms with Crippen LogP contribution in [0.25, 0.3) is 5.76 Å². The highest BCUT2D eigenvalue weighted by Gasteiger charge is 2.46. The van der Waals surface area contributed by atoms with Gasteiger partial charge in [-0.25, -0.2) is 0 Å². The van der Waals surface area contributed by atoms with Crippen LogP contribution in [0, 0.1) is 12.8 Å². The van der Waals surface area contributed by atoms with Gasteiger partial charge in [-0.2, -0.15) is 0 Å². The van der Waals surface area contributed by atoms with Crippen molar-refractivity contribution in [2.45, 2.75) is 33.2 Å². The number of hydrogen-bond acceptors (Lipinski definition) is 8. The predicted octanol–water partition coefficient (Wildman–Crippen LogP) is 4.51. The summed E-state index contributed by atoms with van der Waals surface area (Å²) in [5.74, 6) is 0.408. The molecule has 9 nitrogen and oxygen atoms in total. The fraction of sp³-hybridized carbons (Fsp3) is 0.448. The average Bonchev–Trinajstić information content (AvgIpc) is 3.15. The fourth-order valence-corrected chi connectivity index (χ4v) is 4.50. The fourth-order valence-electron chi connectivity index (χ4n) is 4.50. The molecule has 2 aromatic rings. The zero-order valence-corrected chi connectivity index (χ0v) is 23.1. The largest absolute Gasteiger partial charge is 0.507 e. The molecule has 9 heteroatoms. The maximum absolute atomic E-state index is 13.4. The molecule has 1 N–H and O–H groups in total. The topological polar surface area (TPSA) is 104 Å². The molecule has 0 radical (unpaired) electrons. The molecule has 206 valence electrons. The molecule has 1 saturated heterocycles. The molecule has 2 aromatic carbocycles. The highest BCUT2D eigenvalue weighted by Crippen LogP contribution is 2.46. The van der Waals surface area contributed by atoms with Gasteiger partial charge in [-0.1, -0.05) is 13.8 Å². The third kappa shape index (κ3) is 5.88. The van der Waals surface area contributed by atoms with Gasteiger partial charge in [0.2, 0.25) is 5.75 Å². The molecule has 1 amide bonds. The standard InChI is InChI=1S/C29H37NO8/c1-17(2)16-38-20-9-10-21(18(3)13-20)26(31)24-25(30(11-8-12-34-4)29(33)27(24)32)19-14-22(35-5)28(37-7)23(15-19)36-6/h9-10,13-15,17,25,31H,8,11-12,16H2,1-7H3. The summed E-state index contributed by atoms with van der Waals surface area (Å²) >= 11 is 0. The molecule has 0 saturated carbocycles. The quantitative estimate of drug-likeness (QED) is 0.186. The Labute approximate surface area is 223 Å². The number of carbonyl (C=O) groups is 2. The van der Waals surface area contributed by atoms with Crippen molar-refractivity contribution in [3.63, 3.8) is 0 Å². The van der Waals surface area contributed by atoms with Crippen LogP contribution in [-0.4, -0.2) is 69.9 Å². The van der Waals surface area contributed by atoms with Crippen LogP contribution in [0.1, 0.15) is 43.0 Å². The van der Waals surface area contributed by atoms with Crippen LogP contribution in [-0.2, 0) is 14.3 Å². The molecule has 0 aromatic heterocycles. The number of ketones is 1. The second-order valence-corrected chi connectivity index (χ2v) is 9.48. The number of aryl methyl sites for hydroxylation is 1. The molecule has 1 fully saturated rings. The van der Waals surface area contributed by atoms with E-state index in [1.165, 1.54) is 26.2 Å². The average molecular weight is 528 g/mol. The van der Waals surface area contributed by atoms with Crippen molar-refractivity contribution < 1.29 is 38.4 Å². The zero-order valence-electron chi connectivity index (χ0n) is 23.1. The van der Waals surface area contributed by atoms with Gasteiger partial charge in [0.15, 0.2) is 11.5 Å². The summed E-state index contributed by atoms with van der Waals surface area (Å²) in [4.78, 5) is 28.1. The first-order valence-electron chi connectivity index (χ1n) is 12.5. The van der Waals surface area contributed by atoms with E-state index in [2.05, 4.69) is 13.8 Å². The predicted molar refractivity (Wildman–Crippen MR) is 143 cm³/mol. The summed E-state index contributed by atoms with van der Waals surface area (Å²) in [5, 5.41) is 11.5. The van der Waals surface area contributed by atoms with Crippen molar-refractivity contribution in [1.82, 2.24) is 4.90 Å². The number of aliphatic hydroxyl groups excluding tert-OH is 1. The Balaban J connectivity index is 2.18. The number of rotatable bonds is 12. The van der Waals surface area contributed by atoms with Gasteiger partial charge in [0.05, 0.1) is 39.6 Å². The Kier molecular flexibility index (Phi) is 9.63. The van der Waals surface area contributed by atoms with Crippen LogP contribution < -0.4 is 18.9 Å². The van der Waals surface area contributed by atoms with Crippen LogP contribution in [0.5, 0.6) is 23.0 Å². The maximum atomic E-state index is 13.4. The Hall–Kier alpha value is -3.72. The van der Waals surface area contributed by atoms with Crippen LogP contribution in [0.3, 0.4) is 0 Å². The lowest BCUT2D eigenvalue weighted by molar-refractivity contribution is -0.140. The molecule has 1 aliphatic heterocycles. The molecule has 3 rings (SSSR count). The summed E-state index contributed by atoms with van der Waals surface area (Å²) in [6.07, 6.45) is 0.505. The van der Waals surface area contributed by atoms with Gasteiger partial charge in [0.25, 0.3) is 11.7 Å². The minimum atomic E-state index is -0.878. The monoisotopic (exact) mass is 527 g/mol. The zero-order chi connectivity index (χ0) is 28.0. The van der Waals surface area contributed by atoms with Gasteiger partial charge in [-0.05, 0) is 60.7 Å². The normalized spacial score (nSPS) is 16.7. The number of benzene rings is 2. The maximum Gasteiger partial charge on any atom is 0.295 e. The molecule has 1 unspecified atom stereocenters. The number of aliphatic hydroxyl groups is 1. The Bertz CT molecular complexity index is 1180. The van der Waals surface area contributed by atoms with Crippen molar-refractivity contribution >= 4 is 17.4 Å². The minimum absolute atomic E-state index is 0.0133. The third-order valence-corrected chi connectivity index (χ3v) is 6.33. The number of methoxy groups -OCH3 is 4. The highest BCUT2D eigenvalue weighted by molar-refractivity contribution is 6.46. The van der Waals surface area contributed by atoms with Crippen molar-refractivity contribution in [2.75, 3.05) is 48.2 Å². The number of nitrogens with zero attached hydrogens (tertiary/aromatic N) is 1. The summed E-state index contributed by atoms with van der Waals surface area (Å²) in [6, 6.07) is 7.74. The third-order valence-electron chi connectivity index (χ3n) is 6.33. The highest BCUT2D eigenvalue weighted by atomic mass is 16.5. The van der Waals surface area contributed by atoms with Crippen molar-refractivity contribution in [3.8, 4) is 23.0 Å². The summed E-state index contributed by atoms with van der Waals surface area (Å²) in [6.45, 7) is 7.14. The number of hydrogen-bond donors (Lipinski definition) is 1. The van der Waals surface area contributed by atoms with Crippen LogP contribution in [0.2, 0.25) is 0 Å². The van der Waals surface area contributed by atoms with Gasteiger partial charge in [-0.3, -0.25) is 9.59 Å². The molecule has 0 aliphatic carbocycles. The van der Waals surface area contributed by atoms with E-state index in [-0.39, 0.29) is 17.9 Å². The smallest absolute Gasteiger partial charge is 0.295 e. The van der Waals surface area contributed by atoms with E-state index >= 15 is 0 Å². The lowest BCUT2D eigenvalue weighted by Gasteiger charge is -2.26. The van der Waals surface area contributed by atoms with Crippen LogP contribution in [0.4, 0.5) is 0 Å². The Morgan fingerprint density at radius 3 is 2.18 bits per heavy atom. The molecule has 38 heavy (non-hydrogen) atoms. The summed E-state index contributed by atoms with van der Waals surface area (Å²) in [7, 11) is 6.04. The van der Waals surface area contributed by atoms with E-state index in [1.807, 2.05) is 6.92 Å². The second-order valence-electron chi connectivity index (χ2n) is 9.48. The number of Topliss-reactive ketones (excluding diaryl/α,β-unsaturated/α-hetero) is 1. The lowest BCUT2D eigenvalue weighted by atomic mass is 9.93. The second kappa shape index (κ2) is 12.7. The van der Waals surface area contributed by atoms with E-state index in [4.69, 9.17) is 23.7 Å². The van der Waals surface area contributed by atoms with Gasteiger partial charge in [0.1, 0.15) is 11.5 Å². The van der Waals surface area contributed by atoms with Gasteiger partial charge in [0, 0.05) is 25.8 Å². The molecule has 1 atom stereocenters. The SMILES string of the molecule is COCCCN1C(=O)C(=O)C(=C(O)c2ccc(OCC(C)C)cc2C)C1c1cc(OC)c(OC)c(OC)c1. The molecule has 1 aliphatic rings. The number of likely N-dealkylation sites (tertiary alicyclic amines) is 1. The lowest BCUT2D eigenvalue weighted by Crippen LogP contribution is -2.31. The van der Waals surface area contributed by atoms with E-state index in [0.717, 1.165) is 0 Å². The first kappa shape index (κ1) is 28.8. The minimum Gasteiger partial charge on any atom is -0.507 e. The Morgan fingerprint density at radius 1 is 1.00 bits per heavy atom. The number of ether oxygens (including phenoxy) is 5. The van der Waals surface area contributed by atoms with E-state index in [0.29, 0.717) is 65.2 Å². The van der Waals surface area contributed by atoms with E-state index in [9.17, 15) is 14.7 Å². The molecule has 1 heterocycles. The summed E-state index contributed by atoms with van der Waals surface area (Å²) in [5.41, 5.74) is 1.67. The van der Waals surface area contributed by atoms with Crippen molar-refractivity contribution in [1.29, 1.82) is 0 Å². The van der Waals surface area contributed by atoms with Gasteiger partial charge >= 0.3 is 0 Å². The molecular weight excluding hydrogens is 490 g/mol. The number of carbonyl (C=O) groups excluding carboxylic acids is 2. The van der Waals surface area contributed by atoms with Gasteiger partial charge in [-0.15, -0.1) is 0 Å². The first-order valence-corrected chi connectivity index (χ1v) is 12.5.